The third kappa shape index (κ3) is 1.36. The number of nitrogens with zero attached hydrogens (tertiary/aromatic N) is 2. The van der Waals surface area contributed by atoms with E-state index in [0.717, 1.165) is 0 Å². The summed E-state index contributed by atoms with van der Waals surface area (Å²) in [5, 5.41) is 0. The van der Waals surface area contributed by atoms with Crippen molar-refractivity contribution in [1.82, 2.24) is 4.57 Å². The van der Waals surface area contributed by atoms with Crippen molar-refractivity contribution >= 4 is 0 Å². The Kier molecular flexibility index (Phi) is 2.06. The van der Waals surface area contributed by atoms with Gasteiger partial charge < -0.3 is 4.74 Å². The summed E-state index contributed by atoms with van der Waals surface area (Å²) in [7, 11) is 3.68. The van der Waals surface area contributed by atoms with Crippen LogP contribution in [0.15, 0.2) is 18.7 Å². The van der Waals surface area contributed by atoms with Crippen LogP contribution in [0.3, 0.4) is 0 Å². The maximum Gasteiger partial charge on any atom is 0.245 e. The molecular formula is C7H13N2O+. The van der Waals surface area contributed by atoms with Crippen molar-refractivity contribution in [1.29, 1.82) is 0 Å². The Bertz CT molecular complexity index is 207. The minimum Gasteiger partial charge on any atom is -0.343 e. The molecule has 1 unspecified atom stereocenters. The molecule has 3 heteroatoms. The molecule has 1 rings (SSSR count). The summed E-state index contributed by atoms with van der Waals surface area (Å²) in [5.74, 6) is 0. The van der Waals surface area contributed by atoms with Crippen molar-refractivity contribution in [3.8, 4) is 0 Å². The highest BCUT2D eigenvalue weighted by molar-refractivity contribution is 4.67. The van der Waals surface area contributed by atoms with Crippen molar-refractivity contribution in [2.24, 2.45) is 7.05 Å². The minimum absolute atomic E-state index is 0.126. The molecule has 0 spiro atoms. The summed E-state index contributed by atoms with van der Waals surface area (Å²) in [6, 6.07) is 0. The first-order valence-electron chi connectivity index (χ1n) is 3.29. The van der Waals surface area contributed by atoms with E-state index in [1.54, 1.807) is 7.11 Å². The average Bonchev–Trinajstić information content (AvgIpc) is 2.34. The maximum absolute atomic E-state index is 5.10. The predicted octanol–water partition coefficient (Wildman–Crippen LogP) is 0.477. The normalized spacial score (nSPS) is 13.5. The number of hydrogen-bond acceptors (Lipinski definition) is 1. The molecule has 10 heavy (non-hydrogen) atoms. The van der Waals surface area contributed by atoms with Crippen LogP contribution >= 0.6 is 0 Å². The van der Waals surface area contributed by atoms with Crippen molar-refractivity contribution in [3.05, 3.63) is 18.7 Å². The van der Waals surface area contributed by atoms with E-state index in [1.165, 1.54) is 0 Å². The number of ether oxygens (including phenoxy) is 1. The fourth-order valence-corrected chi connectivity index (χ4v) is 0.806. The van der Waals surface area contributed by atoms with Gasteiger partial charge in [-0.2, -0.15) is 0 Å². The van der Waals surface area contributed by atoms with Crippen LogP contribution in [0, 0.1) is 0 Å². The Morgan fingerprint density at radius 3 is 2.70 bits per heavy atom. The fraction of sp³-hybridized carbons (Fsp3) is 0.571. The number of aryl methyl sites for hydroxylation is 1. The largest absolute Gasteiger partial charge is 0.343 e. The van der Waals surface area contributed by atoms with E-state index < -0.39 is 0 Å². The molecule has 0 amide bonds. The first-order valence-corrected chi connectivity index (χ1v) is 3.29. The van der Waals surface area contributed by atoms with Gasteiger partial charge >= 0.3 is 0 Å². The number of imidazole rings is 1. The predicted molar refractivity (Wildman–Crippen MR) is 37.3 cm³/mol. The zero-order valence-electron chi connectivity index (χ0n) is 6.61. The molecule has 0 saturated carbocycles. The van der Waals surface area contributed by atoms with E-state index in [9.17, 15) is 0 Å². The summed E-state index contributed by atoms with van der Waals surface area (Å²) >= 11 is 0. The molecule has 3 nitrogen and oxygen atoms in total. The van der Waals surface area contributed by atoms with Gasteiger partial charge in [-0.1, -0.05) is 0 Å². The van der Waals surface area contributed by atoms with Crippen molar-refractivity contribution in [2.45, 2.75) is 13.2 Å². The lowest BCUT2D eigenvalue weighted by Gasteiger charge is -2.02. The number of hydrogen-bond donors (Lipinski definition) is 0. The highest BCUT2D eigenvalue weighted by atomic mass is 16.5. The Hall–Kier alpha value is -0.830. The monoisotopic (exact) mass is 141 g/mol. The maximum atomic E-state index is 5.10. The topological polar surface area (TPSA) is 18.0 Å². The smallest absolute Gasteiger partial charge is 0.245 e. The third-order valence-corrected chi connectivity index (χ3v) is 1.55. The molecule has 0 bridgehead atoms. The minimum atomic E-state index is 0.126. The van der Waals surface area contributed by atoms with Gasteiger partial charge in [-0.25, -0.2) is 9.13 Å². The molecule has 0 aliphatic heterocycles. The van der Waals surface area contributed by atoms with Gasteiger partial charge in [0.05, 0.1) is 7.05 Å². The Morgan fingerprint density at radius 1 is 1.60 bits per heavy atom. The molecule has 56 valence electrons. The lowest BCUT2D eigenvalue weighted by Crippen LogP contribution is -2.24. The molecule has 0 radical (unpaired) electrons. The van der Waals surface area contributed by atoms with Crippen molar-refractivity contribution in [3.63, 3.8) is 0 Å². The summed E-state index contributed by atoms with van der Waals surface area (Å²) in [6.07, 6.45) is 6.07. The van der Waals surface area contributed by atoms with E-state index >= 15 is 0 Å². The molecule has 1 heterocycles. The zero-order valence-corrected chi connectivity index (χ0v) is 6.61. The van der Waals surface area contributed by atoms with Gasteiger partial charge in [0.15, 0.2) is 6.23 Å². The molecule has 1 atom stereocenters. The molecule has 0 aliphatic carbocycles. The summed E-state index contributed by atoms with van der Waals surface area (Å²) in [5.41, 5.74) is 0. The second-order valence-corrected chi connectivity index (χ2v) is 2.36. The quantitative estimate of drug-likeness (QED) is 0.548. The highest BCUT2D eigenvalue weighted by Crippen LogP contribution is 2.01. The van der Waals surface area contributed by atoms with Crippen molar-refractivity contribution < 1.29 is 9.30 Å². The van der Waals surface area contributed by atoms with Crippen LogP contribution in [0.2, 0.25) is 0 Å². The van der Waals surface area contributed by atoms with Gasteiger partial charge in [0.1, 0.15) is 12.4 Å². The van der Waals surface area contributed by atoms with Crippen LogP contribution < -0.4 is 4.57 Å². The first kappa shape index (κ1) is 7.28. The number of rotatable bonds is 2. The second kappa shape index (κ2) is 2.84. The van der Waals surface area contributed by atoms with Crippen LogP contribution in [-0.2, 0) is 11.8 Å². The Labute approximate surface area is 60.9 Å². The van der Waals surface area contributed by atoms with E-state index in [1.807, 2.05) is 41.8 Å². The Balaban J connectivity index is 2.74. The summed E-state index contributed by atoms with van der Waals surface area (Å²) in [6.45, 7) is 2.00. The molecular weight excluding hydrogens is 128 g/mol. The van der Waals surface area contributed by atoms with E-state index in [-0.39, 0.29) is 6.23 Å². The first-order chi connectivity index (χ1) is 4.74. The molecule has 0 saturated heterocycles. The highest BCUT2D eigenvalue weighted by Gasteiger charge is 2.06. The SMILES string of the molecule is COC(C)n1cc[n+](C)c1. The van der Waals surface area contributed by atoms with Gasteiger partial charge in [-0.15, -0.1) is 0 Å². The fourth-order valence-electron chi connectivity index (χ4n) is 0.806. The molecule has 0 aliphatic rings. The van der Waals surface area contributed by atoms with Gasteiger partial charge in [0.25, 0.3) is 0 Å². The number of methoxy groups -OCH3 is 1. The van der Waals surface area contributed by atoms with Gasteiger partial charge in [0.2, 0.25) is 6.33 Å². The van der Waals surface area contributed by atoms with E-state index in [4.69, 9.17) is 4.74 Å². The Morgan fingerprint density at radius 2 is 2.30 bits per heavy atom. The van der Waals surface area contributed by atoms with E-state index in [0.29, 0.717) is 0 Å². The molecule has 1 aromatic heterocycles. The van der Waals surface area contributed by atoms with Crippen LogP contribution in [0.1, 0.15) is 13.2 Å². The van der Waals surface area contributed by atoms with Crippen molar-refractivity contribution in [2.75, 3.05) is 7.11 Å². The van der Waals surface area contributed by atoms with Gasteiger partial charge in [-0.05, 0) is 0 Å². The van der Waals surface area contributed by atoms with Crippen LogP contribution in [-0.4, -0.2) is 11.7 Å². The van der Waals surface area contributed by atoms with E-state index in [2.05, 4.69) is 0 Å². The molecule has 0 aromatic carbocycles. The summed E-state index contributed by atoms with van der Waals surface area (Å²) in [4.78, 5) is 0. The molecule has 0 N–H and O–H groups in total. The average molecular weight is 141 g/mol. The van der Waals surface area contributed by atoms with Crippen LogP contribution in [0.25, 0.3) is 0 Å². The van der Waals surface area contributed by atoms with Gasteiger partial charge in [-0.3, -0.25) is 0 Å². The second-order valence-electron chi connectivity index (χ2n) is 2.36. The standard InChI is InChI=1S/C7H13N2O/c1-7(10-3)9-5-4-8(2)6-9/h4-7H,1-3H3/q+1. The summed E-state index contributed by atoms with van der Waals surface area (Å²) < 4.78 is 9.08. The lowest BCUT2D eigenvalue weighted by molar-refractivity contribution is -0.671. The number of aromatic nitrogens is 2. The molecule has 0 fully saturated rings. The van der Waals surface area contributed by atoms with Crippen LogP contribution in [0.5, 0.6) is 0 Å². The third-order valence-electron chi connectivity index (χ3n) is 1.55. The molecule has 1 aromatic rings. The lowest BCUT2D eigenvalue weighted by atomic mass is 10.6. The van der Waals surface area contributed by atoms with Gasteiger partial charge in [0, 0.05) is 14.0 Å². The van der Waals surface area contributed by atoms with Crippen LogP contribution in [0.4, 0.5) is 0 Å². The zero-order chi connectivity index (χ0) is 7.56.